The third-order valence-corrected chi connectivity index (χ3v) is 4.18. The van der Waals surface area contributed by atoms with Crippen LogP contribution >= 0.6 is 0 Å². The molecular formula is C17H24N2O4. The van der Waals surface area contributed by atoms with Crippen molar-refractivity contribution in [3.63, 3.8) is 0 Å². The van der Waals surface area contributed by atoms with Crippen LogP contribution in [0, 0.1) is 0 Å². The summed E-state index contributed by atoms with van der Waals surface area (Å²) in [6.07, 6.45) is 2.08. The molecule has 0 saturated carbocycles. The summed E-state index contributed by atoms with van der Waals surface area (Å²) in [7, 11) is 3.15. The van der Waals surface area contributed by atoms with Crippen molar-refractivity contribution in [1.29, 1.82) is 0 Å². The molecule has 0 saturated heterocycles. The molecule has 1 aromatic carbocycles. The van der Waals surface area contributed by atoms with E-state index in [4.69, 9.17) is 15.2 Å². The Bertz CT molecular complexity index is 601. The van der Waals surface area contributed by atoms with Gasteiger partial charge in [-0.25, -0.2) is 0 Å². The first kappa shape index (κ1) is 17.1. The van der Waals surface area contributed by atoms with Crippen LogP contribution in [0.4, 0.5) is 0 Å². The largest absolute Gasteiger partial charge is 0.493 e. The van der Waals surface area contributed by atoms with Crippen molar-refractivity contribution in [2.24, 2.45) is 5.73 Å². The molecule has 1 atom stereocenters. The summed E-state index contributed by atoms with van der Waals surface area (Å²) in [4.78, 5) is 25.7. The molecule has 23 heavy (non-hydrogen) atoms. The van der Waals surface area contributed by atoms with Gasteiger partial charge in [0.25, 0.3) is 0 Å². The summed E-state index contributed by atoms with van der Waals surface area (Å²) in [5.41, 5.74) is 7.39. The van der Waals surface area contributed by atoms with Crippen molar-refractivity contribution in [3.05, 3.63) is 23.3 Å². The van der Waals surface area contributed by atoms with E-state index in [1.54, 1.807) is 19.1 Å². The second-order valence-electron chi connectivity index (χ2n) is 5.68. The summed E-state index contributed by atoms with van der Waals surface area (Å²) in [6, 6.07) is 3.44. The predicted molar refractivity (Wildman–Crippen MR) is 86.4 cm³/mol. The molecule has 2 amide bonds. The van der Waals surface area contributed by atoms with E-state index in [1.807, 2.05) is 19.1 Å². The maximum atomic E-state index is 12.4. The number of primary amides is 1. The molecule has 6 nitrogen and oxygen atoms in total. The Morgan fingerprint density at radius 1 is 1.26 bits per heavy atom. The van der Waals surface area contributed by atoms with Crippen LogP contribution < -0.4 is 15.2 Å². The van der Waals surface area contributed by atoms with Crippen molar-refractivity contribution in [2.45, 2.75) is 38.6 Å². The summed E-state index contributed by atoms with van der Waals surface area (Å²) < 4.78 is 10.7. The Morgan fingerprint density at radius 3 is 2.48 bits per heavy atom. The molecule has 0 fully saturated rings. The number of carbonyl (C=O) groups is 2. The van der Waals surface area contributed by atoms with Crippen molar-refractivity contribution < 1.29 is 19.1 Å². The molecule has 2 rings (SSSR count). The van der Waals surface area contributed by atoms with E-state index < -0.39 is 5.91 Å². The molecule has 0 aromatic heterocycles. The van der Waals surface area contributed by atoms with Gasteiger partial charge >= 0.3 is 0 Å². The molecule has 0 spiro atoms. The first-order valence-corrected chi connectivity index (χ1v) is 7.84. The van der Waals surface area contributed by atoms with E-state index in [-0.39, 0.29) is 18.4 Å². The van der Waals surface area contributed by atoms with Gasteiger partial charge in [0.1, 0.15) is 0 Å². The summed E-state index contributed by atoms with van der Waals surface area (Å²) >= 11 is 0. The zero-order valence-corrected chi connectivity index (χ0v) is 13.9. The third kappa shape index (κ3) is 3.57. The monoisotopic (exact) mass is 320 g/mol. The number of fused-ring (bicyclic) bond motifs is 1. The van der Waals surface area contributed by atoms with Gasteiger partial charge in [-0.3, -0.25) is 9.59 Å². The normalized spacial score (nSPS) is 16.7. The fourth-order valence-corrected chi connectivity index (χ4v) is 3.09. The predicted octanol–water partition coefficient (Wildman–Crippen LogP) is 1.81. The van der Waals surface area contributed by atoms with Gasteiger partial charge in [-0.15, -0.1) is 0 Å². The van der Waals surface area contributed by atoms with Gasteiger partial charge in [-0.2, -0.15) is 0 Å². The number of benzene rings is 1. The van der Waals surface area contributed by atoms with Crippen molar-refractivity contribution >= 4 is 11.8 Å². The van der Waals surface area contributed by atoms with Crippen LogP contribution in [0.15, 0.2) is 12.1 Å². The highest BCUT2D eigenvalue weighted by atomic mass is 16.5. The van der Waals surface area contributed by atoms with Gasteiger partial charge in [0.05, 0.1) is 26.7 Å². The van der Waals surface area contributed by atoms with Crippen LogP contribution in [0.5, 0.6) is 11.5 Å². The Labute approximate surface area is 136 Å². The summed E-state index contributed by atoms with van der Waals surface area (Å²) in [6.45, 7) is 2.55. The topological polar surface area (TPSA) is 81.9 Å². The molecule has 1 aliphatic heterocycles. The minimum Gasteiger partial charge on any atom is -0.493 e. The lowest BCUT2D eigenvalue weighted by atomic mass is 9.89. The number of methoxy groups -OCH3 is 2. The first-order chi connectivity index (χ1) is 11.0. The fourth-order valence-electron chi connectivity index (χ4n) is 3.09. The van der Waals surface area contributed by atoms with Crippen molar-refractivity contribution in [1.82, 2.24) is 4.90 Å². The SMILES string of the molecule is CCCC(=O)N1CCc2cc(OC)c(OC)cc2C1CC(N)=O. The lowest BCUT2D eigenvalue weighted by Gasteiger charge is -2.37. The van der Waals surface area contributed by atoms with Gasteiger partial charge < -0.3 is 20.1 Å². The van der Waals surface area contributed by atoms with Gasteiger partial charge in [0.2, 0.25) is 11.8 Å². The number of amides is 2. The smallest absolute Gasteiger partial charge is 0.223 e. The minimum absolute atomic E-state index is 0.0548. The van der Waals surface area contributed by atoms with Gasteiger partial charge in [0.15, 0.2) is 11.5 Å². The van der Waals surface area contributed by atoms with Crippen LogP contribution in [0.1, 0.15) is 43.4 Å². The molecule has 0 radical (unpaired) electrons. The number of nitrogens with two attached hydrogens (primary N) is 1. The second kappa shape index (κ2) is 7.35. The Kier molecular flexibility index (Phi) is 5.47. The number of ether oxygens (including phenoxy) is 2. The standard InChI is InChI=1S/C17H24N2O4/c1-4-5-17(21)19-7-6-11-8-14(22-2)15(23-3)9-12(11)13(19)10-16(18)20/h8-9,13H,4-7,10H2,1-3H3,(H2,18,20). The molecule has 1 aromatic rings. The van der Waals surface area contributed by atoms with Crippen LogP contribution in [-0.4, -0.2) is 37.5 Å². The fraction of sp³-hybridized carbons (Fsp3) is 0.529. The summed E-state index contributed by atoms with van der Waals surface area (Å²) in [5.74, 6) is 0.869. The maximum absolute atomic E-state index is 12.4. The Hall–Kier alpha value is -2.24. The van der Waals surface area contributed by atoms with E-state index in [1.165, 1.54) is 0 Å². The van der Waals surface area contributed by atoms with E-state index in [0.29, 0.717) is 24.5 Å². The van der Waals surface area contributed by atoms with E-state index >= 15 is 0 Å². The highest BCUT2D eigenvalue weighted by molar-refractivity contribution is 5.80. The van der Waals surface area contributed by atoms with Crippen LogP contribution in [-0.2, 0) is 16.0 Å². The first-order valence-electron chi connectivity index (χ1n) is 7.84. The van der Waals surface area contributed by atoms with Gasteiger partial charge in [-0.1, -0.05) is 6.92 Å². The minimum atomic E-state index is -0.424. The molecule has 0 aliphatic carbocycles. The number of nitrogens with zero attached hydrogens (tertiary/aromatic N) is 1. The van der Waals surface area contributed by atoms with Crippen molar-refractivity contribution in [3.8, 4) is 11.5 Å². The highest BCUT2D eigenvalue weighted by Gasteiger charge is 2.32. The molecule has 126 valence electrons. The lowest BCUT2D eigenvalue weighted by Crippen LogP contribution is -2.41. The summed E-state index contributed by atoms with van der Waals surface area (Å²) in [5, 5.41) is 0. The average Bonchev–Trinajstić information content (AvgIpc) is 2.53. The second-order valence-corrected chi connectivity index (χ2v) is 5.68. The molecule has 6 heteroatoms. The van der Waals surface area contributed by atoms with Crippen LogP contribution in [0.3, 0.4) is 0 Å². The highest BCUT2D eigenvalue weighted by Crippen LogP contribution is 2.39. The van der Waals surface area contributed by atoms with E-state index in [0.717, 1.165) is 24.0 Å². The number of hydrogen-bond donors (Lipinski definition) is 1. The van der Waals surface area contributed by atoms with E-state index in [9.17, 15) is 9.59 Å². The molecule has 1 unspecified atom stereocenters. The number of carbonyl (C=O) groups excluding carboxylic acids is 2. The molecule has 2 N–H and O–H groups in total. The third-order valence-electron chi connectivity index (χ3n) is 4.18. The average molecular weight is 320 g/mol. The van der Waals surface area contributed by atoms with E-state index in [2.05, 4.69) is 0 Å². The van der Waals surface area contributed by atoms with Gasteiger partial charge in [0, 0.05) is 13.0 Å². The molecule has 1 aliphatic rings. The van der Waals surface area contributed by atoms with Crippen molar-refractivity contribution in [2.75, 3.05) is 20.8 Å². The molecular weight excluding hydrogens is 296 g/mol. The Balaban J connectivity index is 2.45. The lowest BCUT2D eigenvalue weighted by molar-refractivity contribution is -0.135. The van der Waals surface area contributed by atoms with Gasteiger partial charge in [-0.05, 0) is 36.1 Å². The zero-order chi connectivity index (χ0) is 17.0. The quantitative estimate of drug-likeness (QED) is 0.866. The zero-order valence-electron chi connectivity index (χ0n) is 13.9. The molecule has 0 bridgehead atoms. The number of rotatable bonds is 6. The Morgan fingerprint density at radius 2 is 1.91 bits per heavy atom. The molecule has 1 heterocycles. The number of hydrogen-bond acceptors (Lipinski definition) is 4. The maximum Gasteiger partial charge on any atom is 0.223 e. The van der Waals surface area contributed by atoms with Crippen LogP contribution in [0.25, 0.3) is 0 Å². The van der Waals surface area contributed by atoms with Crippen LogP contribution in [0.2, 0.25) is 0 Å².